The fourth-order valence-electron chi connectivity index (χ4n) is 6.25. The van der Waals surface area contributed by atoms with Gasteiger partial charge in [0.2, 0.25) is 0 Å². The van der Waals surface area contributed by atoms with Gasteiger partial charge in [0.1, 0.15) is 11.5 Å². The Kier molecular flexibility index (Phi) is 15.6. The van der Waals surface area contributed by atoms with Gasteiger partial charge in [-0.1, -0.05) is 25.1 Å². The Hall–Kier alpha value is -6.43. The number of nitrogens with zero attached hydrogens (tertiary/aromatic N) is 3. The number of aryl methyl sites for hydroxylation is 1. The Morgan fingerprint density at radius 3 is 1.74 bits per heavy atom. The van der Waals surface area contributed by atoms with Crippen LogP contribution < -0.4 is 29.6 Å². The molecule has 4 aromatic carbocycles. The molecule has 0 aromatic heterocycles. The summed E-state index contributed by atoms with van der Waals surface area (Å²) in [5.74, 6) is -1.59. The summed E-state index contributed by atoms with van der Waals surface area (Å²) in [4.78, 5) is 34.3. The number of nitrogens with one attached hydrogen (secondary N) is 2. The lowest BCUT2D eigenvalue weighted by atomic mass is 10.0. The predicted molar refractivity (Wildman–Crippen MR) is 235 cm³/mol. The SMILES string of the molecule is CCCN=C1NC(=O)/C(=C/c2ccc(Oc3ccc(CCC[C@@H](O)CN=C4NC(=O)/C(=C/c5ccc(Oc6ccc(C#N)cc6C(F)(F)F)c(OC)c5)S4)cc3C(F)(F)F)c(OC)c2)S1. The minimum atomic E-state index is -4.80. The summed E-state index contributed by atoms with van der Waals surface area (Å²) in [5.41, 5.74) is -0.972. The highest BCUT2D eigenvalue weighted by molar-refractivity contribution is 8.19. The number of halogens is 6. The summed E-state index contributed by atoms with van der Waals surface area (Å²) >= 11 is 2.17. The van der Waals surface area contributed by atoms with Crippen molar-refractivity contribution in [3.8, 4) is 40.6 Å². The van der Waals surface area contributed by atoms with E-state index in [0.29, 0.717) is 45.8 Å². The van der Waals surface area contributed by atoms with Gasteiger partial charge in [-0.15, -0.1) is 0 Å². The molecular weight excluding hydrogens is 901 g/mol. The number of aliphatic imine (C=N–C) groups is 2. The maximum absolute atomic E-state index is 14.3. The average molecular weight is 940 g/mol. The van der Waals surface area contributed by atoms with Crippen molar-refractivity contribution in [3.63, 3.8) is 0 Å². The molecular formula is C45H39F6N5O7S2. The molecule has 340 valence electrons. The second-order valence-electron chi connectivity index (χ2n) is 14.2. The van der Waals surface area contributed by atoms with Gasteiger partial charge in [0.25, 0.3) is 11.8 Å². The zero-order valence-corrected chi connectivity index (χ0v) is 36.4. The van der Waals surface area contributed by atoms with Gasteiger partial charge in [0.15, 0.2) is 33.3 Å². The second-order valence-corrected chi connectivity index (χ2v) is 16.2. The first kappa shape index (κ1) is 48.0. The van der Waals surface area contributed by atoms with Gasteiger partial charge in [0, 0.05) is 6.54 Å². The Morgan fingerprint density at radius 1 is 0.723 bits per heavy atom. The van der Waals surface area contributed by atoms with E-state index in [0.717, 1.165) is 30.3 Å². The van der Waals surface area contributed by atoms with E-state index in [1.807, 2.05) is 6.92 Å². The van der Waals surface area contributed by atoms with Gasteiger partial charge in [0.05, 0.1) is 59.4 Å². The molecule has 0 unspecified atom stereocenters. The zero-order chi connectivity index (χ0) is 46.9. The summed E-state index contributed by atoms with van der Waals surface area (Å²) in [7, 11) is 2.64. The molecule has 2 heterocycles. The van der Waals surface area contributed by atoms with Crippen LogP contribution in [-0.4, -0.2) is 60.7 Å². The van der Waals surface area contributed by atoms with Crippen molar-refractivity contribution in [2.75, 3.05) is 27.3 Å². The molecule has 0 saturated carbocycles. The van der Waals surface area contributed by atoms with E-state index in [9.17, 15) is 41.0 Å². The lowest BCUT2D eigenvalue weighted by molar-refractivity contribution is -0.139. The maximum Gasteiger partial charge on any atom is 0.420 e. The molecule has 20 heteroatoms. The molecule has 3 N–H and O–H groups in total. The minimum Gasteiger partial charge on any atom is -0.493 e. The van der Waals surface area contributed by atoms with Crippen molar-refractivity contribution in [3.05, 3.63) is 116 Å². The first-order valence-corrected chi connectivity index (χ1v) is 21.3. The van der Waals surface area contributed by atoms with E-state index in [4.69, 9.17) is 24.2 Å². The predicted octanol–water partition coefficient (Wildman–Crippen LogP) is 10.1. The Balaban J connectivity index is 1.04. The molecule has 2 aliphatic rings. The van der Waals surface area contributed by atoms with Crippen LogP contribution in [0.5, 0.6) is 34.5 Å². The Bertz CT molecular complexity index is 2620. The first-order chi connectivity index (χ1) is 31.0. The van der Waals surface area contributed by atoms with E-state index in [1.165, 1.54) is 74.5 Å². The molecule has 0 bridgehead atoms. The number of methoxy groups -OCH3 is 2. The molecule has 2 amide bonds. The van der Waals surface area contributed by atoms with Gasteiger partial charge in [-0.3, -0.25) is 19.6 Å². The molecule has 2 fully saturated rings. The number of nitriles is 1. The number of thioether (sulfide) groups is 2. The number of hydrogen-bond acceptors (Lipinski definition) is 12. The van der Waals surface area contributed by atoms with Crippen LogP contribution in [0, 0.1) is 11.3 Å². The Labute approximate surface area is 377 Å². The smallest absolute Gasteiger partial charge is 0.420 e. The number of aliphatic hydroxyl groups is 1. The summed E-state index contributed by atoms with van der Waals surface area (Å²) < 4.78 is 106. The van der Waals surface area contributed by atoms with Crippen molar-refractivity contribution in [2.45, 2.75) is 51.1 Å². The minimum absolute atomic E-state index is 0.0283. The first-order valence-electron chi connectivity index (χ1n) is 19.7. The highest BCUT2D eigenvalue weighted by atomic mass is 32.2. The quantitative estimate of drug-likeness (QED) is 0.0728. The molecule has 0 aliphatic carbocycles. The van der Waals surface area contributed by atoms with Gasteiger partial charge < -0.3 is 34.7 Å². The number of ether oxygens (including phenoxy) is 4. The third kappa shape index (κ3) is 12.6. The van der Waals surface area contributed by atoms with Gasteiger partial charge in [-0.25, -0.2) is 0 Å². The maximum atomic E-state index is 14.3. The number of hydrogen-bond donors (Lipinski definition) is 3. The van der Waals surface area contributed by atoms with Crippen LogP contribution in [0.4, 0.5) is 26.3 Å². The van der Waals surface area contributed by atoms with Crippen LogP contribution in [0.25, 0.3) is 12.2 Å². The molecule has 12 nitrogen and oxygen atoms in total. The molecule has 0 spiro atoms. The fourth-order valence-corrected chi connectivity index (χ4v) is 7.92. The summed E-state index contributed by atoms with van der Waals surface area (Å²) in [6.45, 7) is 2.42. The summed E-state index contributed by atoms with van der Waals surface area (Å²) in [6.07, 6.45) is -5.91. The number of amidine groups is 2. The molecule has 4 aromatic rings. The van der Waals surface area contributed by atoms with E-state index in [-0.39, 0.29) is 63.9 Å². The van der Waals surface area contributed by atoms with E-state index in [2.05, 4.69) is 20.6 Å². The number of rotatable bonds is 16. The number of benzene rings is 4. The third-order valence-corrected chi connectivity index (χ3v) is 11.3. The number of amides is 2. The lowest BCUT2D eigenvalue weighted by Crippen LogP contribution is -2.21. The van der Waals surface area contributed by atoms with Crippen molar-refractivity contribution in [1.29, 1.82) is 5.26 Å². The topological polar surface area (TPSA) is 164 Å². The number of carbonyl (C=O) groups is 2. The van der Waals surface area contributed by atoms with Crippen LogP contribution in [0.2, 0.25) is 0 Å². The van der Waals surface area contributed by atoms with Crippen LogP contribution in [0.1, 0.15) is 59.6 Å². The van der Waals surface area contributed by atoms with Crippen LogP contribution >= 0.6 is 23.5 Å². The molecule has 65 heavy (non-hydrogen) atoms. The highest BCUT2D eigenvalue weighted by Gasteiger charge is 2.36. The van der Waals surface area contributed by atoms with Gasteiger partial charge >= 0.3 is 12.4 Å². The third-order valence-electron chi connectivity index (χ3n) is 9.40. The van der Waals surface area contributed by atoms with Crippen molar-refractivity contribution >= 4 is 57.8 Å². The normalized spacial score (nSPS) is 17.1. The number of carbonyl (C=O) groups excluding carboxylic acids is 2. The van der Waals surface area contributed by atoms with Gasteiger partial charge in [-0.2, -0.15) is 31.6 Å². The number of alkyl halides is 6. The van der Waals surface area contributed by atoms with E-state index >= 15 is 0 Å². The van der Waals surface area contributed by atoms with Crippen LogP contribution in [-0.2, 0) is 28.4 Å². The molecule has 6 rings (SSSR count). The standard InChI is InChI=1S/C45H39F6N5O7S2/c1-4-16-53-42-55-40(58)38(64-42)21-26-9-14-34(36(19-26)60-2)62-32-12-8-25(17-30(32)44(46,47)48)6-5-7-29(57)24-54-43-56-41(59)39(65-43)22-27-10-15-35(37(20-27)61-3)63-33-13-11-28(23-52)18-31(33)45(49,50)51/h8-15,17-22,29,57H,4-7,16,24H2,1-3H3,(H,53,55,58)(H,54,56,59)/b38-21-,39-22-/t29-/m1/s1. The monoisotopic (exact) mass is 939 g/mol. The van der Waals surface area contributed by atoms with Crippen molar-refractivity contribution < 1.29 is 60.0 Å². The highest BCUT2D eigenvalue weighted by Crippen LogP contribution is 2.43. The number of aliphatic hydroxyl groups excluding tert-OH is 1. The van der Waals surface area contributed by atoms with E-state index in [1.54, 1.807) is 24.3 Å². The summed E-state index contributed by atoms with van der Waals surface area (Å²) in [5, 5.41) is 25.7. The van der Waals surface area contributed by atoms with Crippen LogP contribution in [0.3, 0.4) is 0 Å². The van der Waals surface area contributed by atoms with Gasteiger partial charge in [-0.05, 0) is 133 Å². The Morgan fingerprint density at radius 2 is 1.23 bits per heavy atom. The summed E-state index contributed by atoms with van der Waals surface area (Å²) in [6, 6.07) is 17.2. The molecule has 2 saturated heterocycles. The van der Waals surface area contributed by atoms with Crippen molar-refractivity contribution in [1.82, 2.24) is 10.6 Å². The lowest BCUT2D eigenvalue weighted by Gasteiger charge is -2.17. The molecule has 2 aliphatic heterocycles. The van der Waals surface area contributed by atoms with Crippen LogP contribution in [0.15, 0.2) is 92.6 Å². The fraction of sp³-hybridized carbons (Fsp3) is 0.267. The van der Waals surface area contributed by atoms with E-state index < -0.39 is 47.0 Å². The second kappa shape index (κ2) is 21.0. The molecule has 0 radical (unpaired) electrons. The van der Waals surface area contributed by atoms with Crippen molar-refractivity contribution in [2.24, 2.45) is 9.98 Å². The molecule has 1 atom stereocenters. The average Bonchev–Trinajstić information content (AvgIpc) is 3.81. The largest absolute Gasteiger partial charge is 0.493 e. The zero-order valence-electron chi connectivity index (χ0n) is 34.7.